The van der Waals surface area contributed by atoms with Crippen LogP contribution in [0.25, 0.3) is 0 Å². The van der Waals surface area contributed by atoms with Gasteiger partial charge in [-0.3, -0.25) is 4.79 Å². The highest BCUT2D eigenvalue weighted by Crippen LogP contribution is 2.08. The van der Waals surface area contributed by atoms with Crippen molar-refractivity contribution >= 4 is 6.29 Å². The molecule has 0 fully saturated rings. The van der Waals surface area contributed by atoms with Crippen molar-refractivity contribution in [3.05, 3.63) is 41.9 Å². The van der Waals surface area contributed by atoms with Gasteiger partial charge in [0.05, 0.1) is 6.54 Å². The third-order valence-electron chi connectivity index (χ3n) is 1.94. The summed E-state index contributed by atoms with van der Waals surface area (Å²) < 4.78 is 6.83. The molecule has 74 valence electrons. The van der Waals surface area contributed by atoms with Crippen LogP contribution in [-0.4, -0.2) is 15.8 Å². The molecule has 0 saturated carbocycles. The third kappa shape index (κ3) is 1.79. The van der Waals surface area contributed by atoms with Crippen molar-refractivity contribution in [1.82, 2.24) is 9.55 Å². The molecule has 5 heteroatoms. The average molecular weight is 201 g/mol. The fourth-order valence-corrected chi connectivity index (χ4v) is 1.26. The van der Waals surface area contributed by atoms with Crippen molar-refractivity contribution in [3.8, 4) is 6.07 Å². The number of aromatic nitrogens is 2. The molecule has 0 radical (unpaired) electrons. The number of furan rings is 1. The molecular formula is C10H7N3O2. The monoisotopic (exact) mass is 201 g/mol. The normalized spacial score (nSPS) is 9.80. The number of rotatable bonds is 3. The number of carbonyl (C=O) groups is 1. The van der Waals surface area contributed by atoms with Crippen LogP contribution in [0.3, 0.4) is 0 Å². The maximum atomic E-state index is 10.4. The number of carbonyl (C=O) groups excluding carboxylic acids is 1. The van der Waals surface area contributed by atoms with E-state index in [9.17, 15) is 4.79 Å². The Bertz CT molecular complexity index is 519. The number of aldehydes is 1. The molecule has 2 aromatic heterocycles. The van der Waals surface area contributed by atoms with Gasteiger partial charge in [0, 0.05) is 12.4 Å². The van der Waals surface area contributed by atoms with Gasteiger partial charge in [-0.25, -0.2) is 4.98 Å². The summed E-state index contributed by atoms with van der Waals surface area (Å²) >= 11 is 0. The van der Waals surface area contributed by atoms with Crippen molar-refractivity contribution in [2.24, 2.45) is 0 Å². The molecule has 15 heavy (non-hydrogen) atoms. The second-order valence-electron chi connectivity index (χ2n) is 2.91. The molecule has 0 saturated heterocycles. The predicted octanol–water partition coefficient (Wildman–Crippen LogP) is 1.21. The predicted molar refractivity (Wildman–Crippen MR) is 50.1 cm³/mol. The van der Waals surface area contributed by atoms with Crippen LogP contribution in [0.1, 0.15) is 22.1 Å². The lowest BCUT2D eigenvalue weighted by Gasteiger charge is -1.99. The lowest BCUT2D eigenvalue weighted by atomic mass is 10.4. The van der Waals surface area contributed by atoms with E-state index in [0.29, 0.717) is 24.4 Å². The molecule has 2 aromatic rings. The van der Waals surface area contributed by atoms with Crippen LogP contribution in [-0.2, 0) is 6.54 Å². The van der Waals surface area contributed by atoms with Crippen LogP contribution < -0.4 is 0 Å². The standard InChI is InChI=1S/C10H7N3O2/c11-5-10-12-3-4-13(10)6-8-1-2-9(7-14)15-8/h1-4,7H,6H2. The molecule has 0 N–H and O–H groups in total. The van der Waals surface area contributed by atoms with Crippen LogP contribution in [0.2, 0.25) is 0 Å². The maximum Gasteiger partial charge on any atom is 0.213 e. The Morgan fingerprint density at radius 2 is 2.47 bits per heavy atom. The minimum atomic E-state index is 0.281. The van der Waals surface area contributed by atoms with Crippen molar-refractivity contribution in [1.29, 1.82) is 5.26 Å². The second kappa shape index (κ2) is 3.80. The summed E-state index contributed by atoms with van der Waals surface area (Å²) in [5.41, 5.74) is 0. The first-order chi connectivity index (χ1) is 7.33. The molecule has 0 aliphatic heterocycles. The Balaban J connectivity index is 2.22. The minimum Gasteiger partial charge on any atom is -0.456 e. The van der Waals surface area contributed by atoms with E-state index < -0.39 is 0 Å². The first kappa shape index (κ1) is 9.21. The summed E-state index contributed by atoms with van der Waals surface area (Å²) in [6.07, 6.45) is 3.87. The zero-order valence-corrected chi connectivity index (χ0v) is 7.75. The molecule has 0 aliphatic carbocycles. The lowest BCUT2D eigenvalue weighted by molar-refractivity contribution is 0.109. The Morgan fingerprint density at radius 3 is 3.13 bits per heavy atom. The van der Waals surface area contributed by atoms with E-state index in [2.05, 4.69) is 4.98 Å². The number of hydrogen-bond donors (Lipinski definition) is 0. The van der Waals surface area contributed by atoms with Gasteiger partial charge in [-0.2, -0.15) is 5.26 Å². The van der Waals surface area contributed by atoms with Gasteiger partial charge in [0.25, 0.3) is 0 Å². The van der Waals surface area contributed by atoms with Crippen LogP contribution in [0, 0.1) is 11.3 Å². The first-order valence-corrected chi connectivity index (χ1v) is 4.28. The van der Waals surface area contributed by atoms with E-state index >= 15 is 0 Å². The molecule has 0 aliphatic rings. The first-order valence-electron chi connectivity index (χ1n) is 4.28. The zero-order valence-electron chi connectivity index (χ0n) is 7.75. The highest BCUT2D eigenvalue weighted by Gasteiger charge is 2.05. The summed E-state index contributed by atoms with van der Waals surface area (Å²) in [5, 5.41) is 8.72. The van der Waals surface area contributed by atoms with E-state index in [0.717, 1.165) is 0 Å². The fourth-order valence-electron chi connectivity index (χ4n) is 1.26. The largest absolute Gasteiger partial charge is 0.456 e. The second-order valence-corrected chi connectivity index (χ2v) is 2.91. The number of hydrogen-bond acceptors (Lipinski definition) is 4. The van der Waals surface area contributed by atoms with Gasteiger partial charge in [0.15, 0.2) is 12.0 Å². The molecule has 0 unspecified atom stereocenters. The van der Waals surface area contributed by atoms with Gasteiger partial charge in [-0.1, -0.05) is 0 Å². The SMILES string of the molecule is N#Cc1nccn1Cc1ccc(C=O)o1. The third-order valence-corrected chi connectivity index (χ3v) is 1.94. The highest BCUT2D eigenvalue weighted by atomic mass is 16.3. The molecule has 0 spiro atoms. The van der Waals surface area contributed by atoms with Gasteiger partial charge in [-0.15, -0.1) is 0 Å². The van der Waals surface area contributed by atoms with E-state index in [4.69, 9.17) is 9.68 Å². The number of nitriles is 1. The summed E-state index contributed by atoms with van der Waals surface area (Å²) in [4.78, 5) is 14.2. The molecule has 2 heterocycles. The summed E-state index contributed by atoms with van der Waals surface area (Å²) in [7, 11) is 0. The van der Waals surface area contributed by atoms with E-state index in [-0.39, 0.29) is 5.76 Å². The average Bonchev–Trinajstić information content (AvgIpc) is 2.87. The lowest BCUT2D eigenvalue weighted by Crippen LogP contribution is -2.00. The van der Waals surface area contributed by atoms with E-state index in [1.807, 2.05) is 6.07 Å². The fraction of sp³-hybridized carbons (Fsp3) is 0.100. The molecule has 0 atom stereocenters. The van der Waals surface area contributed by atoms with Crippen molar-refractivity contribution in [3.63, 3.8) is 0 Å². The van der Waals surface area contributed by atoms with Crippen LogP contribution in [0.5, 0.6) is 0 Å². The Kier molecular flexibility index (Phi) is 2.33. The Labute approximate surface area is 85.6 Å². The molecule has 0 bridgehead atoms. The zero-order chi connectivity index (χ0) is 10.7. The van der Waals surface area contributed by atoms with Crippen molar-refractivity contribution < 1.29 is 9.21 Å². The van der Waals surface area contributed by atoms with E-state index in [1.54, 1.807) is 29.1 Å². The Hall–Kier alpha value is -2.35. The quantitative estimate of drug-likeness (QED) is 0.699. The van der Waals surface area contributed by atoms with Gasteiger partial charge in [0.2, 0.25) is 5.82 Å². The maximum absolute atomic E-state index is 10.4. The van der Waals surface area contributed by atoms with Gasteiger partial charge >= 0.3 is 0 Å². The molecular weight excluding hydrogens is 194 g/mol. The van der Waals surface area contributed by atoms with Crippen LogP contribution in [0.15, 0.2) is 28.9 Å². The molecule has 2 rings (SSSR count). The minimum absolute atomic E-state index is 0.281. The Morgan fingerprint density at radius 1 is 1.60 bits per heavy atom. The molecule has 5 nitrogen and oxygen atoms in total. The van der Waals surface area contributed by atoms with Crippen LogP contribution in [0.4, 0.5) is 0 Å². The van der Waals surface area contributed by atoms with E-state index in [1.165, 1.54) is 0 Å². The van der Waals surface area contributed by atoms with Crippen molar-refractivity contribution in [2.75, 3.05) is 0 Å². The summed E-state index contributed by atoms with van der Waals surface area (Å²) in [6.45, 7) is 0.400. The summed E-state index contributed by atoms with van der Waals surface area (Å²) in [5.74, 6) is 1.22. The van der Waals surface area contributed by atoms with Crippen LogP contribution >= 0.6 is 0 Å². The topological polar surface area (TPSA) is 71.8 Å². The smallest absolute Gasteiger partial charge is 0.213 e. The van der Waals surface area contributed by atoms with Crippen molar-refractivity contribution in [2.45, 2.75) is 6.54 Å². The molecule has 0 aromatic carbocycles. The van der Waals surface area contributed by atoms with Gasteiger partial charge in [-0.05, 0) is 12.1 Å². The highest BCUT2D eigenvalue weighted by molar-refractivity contribution is 5.70. The summed E-state index contributed by atoms with van der Waals surface area (Å²) in [6, 6.07) is 5.25. The number of imidazole rings is 1. The van der Waals surface area contributed by atoms with Gasteiger partial charge < -0.3 is 8.98 Å². The number of nitrogens with zero attached hydrogens (tertiary/aromatic N) is 3. The molecule has 0 amide bonds. The van der Waals surface area contributed by atoms with Gasteiger partial charge in [0.1, 0.15) is 11.8 Å².